The number of nitrogens with one attached hydrogen (secondary N) is 1. The molecule has 1 N–H and O–H groups in total. The second kappa shape index (κ2) is 9.82. The van der Waals surface area contributed by atoms with Gasteiger partial charge in [0.05, 0.1) is 20.8 Å². The largest absolute Gasteiger partial charge is 0.324 e. The number of aryl methyl sites for hydroxylation is 2. The Kier molecular flexibility index (Phi) is 6.85. The summed E-state index contributed by atoms with van der Waals surface area (Å²) in [7, 11) is -3.98. The first-order valence-electron chi connectivity index (χ1n) is 10.9. The fourth-order valence-electron chi connectivity index (χ4n) is 3.85. The van der Waals surface area contributed by atoms with Crippen molar-refractivity contribution in [1.29, 1.82) is 0 Å². The van der Waals surface area contributed by atoms with Gasteiger partial charge in [0, 0.05) is 12.2 Å². The molecule has 1 heterocycles. The molecule has 0 radical (unpaired) electrons. The molecule has 0 aliphatic carbocycles. The van der Waals surface area contributed by atoms with Crippen LogP contribution in [0.2, 0.25) is 0 Å². The molecule has 0 saturated heterocycles. The van der Waals surface area contributed by atoms with Crippen molar-refractivity contribution in [1.82, 2.24) is 4.57 Å². The van der Waals surface area contributed by atoms with E-state index in [0.29, 0.717) is 24.3 Å². The third kappa shape index (κ3) is 4.62. The lowest BCUT2D eigenvalue weighted by atomic mass is 10.1. The van der Waals surface area contributed by atoms with Crippen LogP contribution in [-0.4, -0.2) is 25.4 Å². The Bertz CT molecular complexity index is 1490. The molecule has 4 aromatic rings. The molecule has 0 fully saturated rings. The number of para-hydroxylation sites is 1. The Labute approximate surface area is 202 Å². The molecular weight excluding hydrogens is 470 g/mol. The number of benzene rings is 3. The molecule has 0 aliphatic rings. The van der Waals surface area contributed by atoms with Gasteiger partial charge in [-0.25, -0.2) is 8.42 Å². The number of aromatic nitrogens is 1. The number of thiazole rings is 1. The van der Waals surface area contributed by atoms with E-state index in [2.05, 4.69) is 5.32 Å². The van der Waals surface area contributed by atoms with Gasteiger partial charge in [0.1, 0.15) is 6.54 Å². The zero-order chi connectivity index (χ0) is 24.3. The van der Waals surface area contributed by atoms with Crippen molar-refractivity contribution in [2.45, 2.75) is 31.7 Å². The highest BCUT2D eigenvalue weighted by Crippen LogP contribution is 2.28. The van der Waals surface area contributed by atoms with Gasteiger partial charge in [0.25, 0.3) is 10.0 Å². The first-order valence-corrected chi connectivity index (χ1v) is 13.2. The third-order valence-electron chi connectivity index (χ3n) is 5.53. The normalized spacial score (nSPS) is 11.5. The van der Waals surface area contributed by atoms with Crippen LogP contribution < -0.4 is 14.5 Å². The van der Waals surface area contributed by atoms with Crippen molar-refractivity contribution in [2.75, 3.05) is 16.2 Å². The lowest BCUT2D eigenvalue weighted by molar-refractivity contribution is -0.114. The van der Waals surface area contributed by atoms with Gasteiger partial charge in [-0.05, 0) is 55.3 Å². The van der Waals surface area contributed by atoms with E-state index >= 15 is 0 Å². The molecule has 3 aromatic carbocycles. The van der Waals surface area contributed by atoms with Gasteiger partial charge in [-0.3, -0.25) is 18.5 Å². The van der Waals surface area contributed by atoms with Gasteiger partial charge < -0.3 is 5.32 Å². The third-order valence-corrected chi connectivity index (χ3v) is 8.24. The van der Waals surface area contributed by atoms with Crippen LogP contribution >= 0.6 is 11.3 Å². The minimum atomic E-state index is -3.98. The SMILES string of the molecule is CCc1ccccc1N(CC(=O)Nc1ccc2c(c1)sc(=O)n2CC)S(=O)(=O)c1ccccc1. The summed E-state index contributed by atoms with van der Waals surface area (Å²) in [6.07, 6.45) is 0.614. The Morgan fingerprint density at radius 3 is 2.41 bits per heavy atom. The number of amides is 1. The van der Waals surface area contributed by atoms with E-state index in [4.69, 9.17) is 0 Å². The Morgan fingerprint density at radius 2 is 1.71 bits per heavy atom. The first kappa shape index (κ1) is 23.7. The maximum absolute atomic E-state index is 13.5. The van der Waals surface area contributed by atoms with Crippen LogP contribution in [0.5, 0.6) is 0 Å². The van der Waals surface area contributed by atoms with Crippen molar-refractivity contribution in [2.24, 2.45) is 0 Å². The molecule has 0 bridgehead atoms. The van der Waals surface area contributed by atoms with Crippen molar-refractivity contribution in [3.05, 3.63) is 88.0 Å². The van der Waals surface area contributed by atoms with Crippen LogP contribution in [0, 0.1) is 0 Å². The number of anilines is 2. The van der Waals surface area contributed by atoms with Crippen molar-refractivity contribution < 1.29 is 13.2 Å². The highest BCUT2D eigenvalue weighted by molar-refractivity contribution is 7.92. The predicted octanol–water partition coefficient (Wildman–Crippen LogP) is 4.48. The summed E-state index contributed by atoms with van der Waals surface area (Å²) in [5.41, 5.74) is 2.60. The second-order valence-corrected chi connectivity index (χ2v) is 10.5. The molecular formula is C25H25N3O4S2. The van der Waals surface area contributed by atoms with E-state index in [-0.39, 0.29) is 9.77 Å². The zero-order valence-electron chi connectivity index (χ0n) is 18.9. The van der Waals surface area contributed by atoms with E-state index < -0.39 is 22.5 Å². The Morgan fingerprint density at radius 1 is 1.00 bits per heavy atom. The van der Waals surface area contributed by atoms with Gasteiger partial charge in [-0.2, -0.15) is 0 Å². The molecule has 0 unspecified atom stereocenters. The van der Waals surface area contributed by atoms with Crippen LogP contribution in [0.15, 0.2) is 82.5 Å². The highest BCUT2D eigenvalue weighted by atomic mass is 32.2. The first-order chi connectivity index (χ1) is 16.3. The molecule has 4 rings (SSSR count). The lowest BCUT2D eigenvalue weighted by Crippen LogP contribution is -2.38. The molecule has 176 valence electrons. The van der Waals surface area contributed by atoms with Gasteiger partial charge in [0.2, 0.25) is 5.91 Å². The van der Waals surface area contributed by atoms with E-state index in [1.165, 1.54) is 12.1 Å². The number of rotatable bonds is 8. The average molecular weight is 496 g/mol. The lowest BCUT2D eigenvalue weighted by Gasteiger charge is -2.26. The van der Waals surface area contributed by atoms with E-state index in [1.807, 2.05) is 26.0 Å². The summed E-state index contributed by atoms with van der Waals surface area (Å²) in [5.74, 6) is -0.480. The molecule has 0 atom stereocenters. The predicted molar refractivity (Wildman–Crippen MR) is 137 cm³/mol. The van der Waals surface area contributed by atoms with Gasteiger partial charge >= 0.3 is 4.87 Å². The minimum absolute atomic E-state index is 0.0581. The quantitative estimate of drug-likeness (QED) is 0.390. The Hall–Kier alpha value is -3.43. The molecule has 1 aromatic heterocycles. The fraction of sp³-hybridized carbons (Fsp3) is 0.200. The summed E-state index contributed by atoms with van der Waals surface area (Å²) in [5, 5.41) is 2.79. The molecule has 1 amide bonds. The number of nitrogens with zero attached hydrogens (tertiary/aromatic N) is 2. The van der Waals surface area contributed by atoms with Crippen LogP contribution in [0.1, 0.15) is 19.4 Å². The topological polar surface area (TPSA) is 88.5 Å². The summed E-state index contributed by atoms with van der Waals surface area (Å²) in [4.78, 5) is 25.2. The van der Waals surface area contributed by atoms with Gasteiger partial charge in [-0.1, -0.05) is 54.7 Å². The summed E-state index contributed by atoms with van der Waals surface area (Å²) < 4.78 is 30.7. The smallest absolute Gasteiger partial charge is 0.308 e. The number of carbonyl (C=O) groups is 1. The zero-order valence-corrected chi connectivity index (χ0v) is 20.5. The average Bonchev–Trinajstić information content (AvgIpc) is 3.17. The van der Waals surface area contributed by atoms with E-state index in [9.17, 15) is 18.0 Å². The van der Waals surface area contributed by atoms with Crippen LogP contribution in [0.3, 0.4) is 0 Å². The van der Waals surface area contributed by atoms with Crippen LogP contribution in [0.4, 0.5) is 11.4 Å². The maximum Gasteiger partial charge on any atom is 0.308 e. The molecule has 0 aliphatic heterocycles. The molecule has 9 heteroatoms. The molecule has 7 nitrogen and oxygen atoms in total. The number of sulfonamides is 1. The molecule has 34 heavy (non-hydrogen) atoms. The summed E-state index contributed by atoms with van der Waals surface area (Å²) >= 11 is 1.11. The monoisotopic (exact) mass is 495 g/mol. The van der Waals surface area contributed by atoms with Crippen molar-refractivity contribution in [3.8, 4) is 0 Å². The Balaban J connectivity index is 1.67. The van der Waals surface area contributed by atoms with Crippen LogP contribution in [0.25, 0.3) is 10.2 Å². The number of carbonyl (C=O) groups excluding carboxylic acids is 1. The van der Waals surface area contributed by atoms with Gasteiger partial charge in [0.15, 0.2) is 0 Å². The van der Waals surface area contributed by atoms with Gasteiger partial charge in [-0.15, -0.1) is 0 Å². The second-order valence-electron chi connectivity index (χ2n) is 7.65. The number of hydrogen-bond donors (Lipinski definition) is 1. The van der Waals surface area contributed by atoms with Crippen molar-refractivity contribution >= 4 is 48.9 Å². The highest BCUT2D eigenvalue weighted by Gasteiger charge is 2.28. The summed E-state index contributed by atoms with van der Waals surface area (Å²) in [6.45, 7) is 4.01. The number of fused-ring (bicyclic) bond motifs is 1. The number of hydrogen-bond acceptors (Lipinski definition) is 5. The fourth-order valence-corrected chi connectivity index (χ4v) is 6.32. The maximum atomic E-state index is 13.5. The van der Waals surface area contributed by atoms with Crippen molar-refractivity contribution in [3.63, 3.8) is 0 Å². The van der Waals surface area contributed by atoms with E-state index in [0.717, 1.165) is 31.4 Å². The minimum Gasteiger partial charge on any atom is -0.324 e. The standard InChI is InChI=1S/C25H25N3O4S2/c1-3-18-10-8-9-13-21(18)28(34(31,32)20-11-6-5-7-12-20)17-24(29)26-19-14-15-22-23(16-19)33-25(30)27(22)4-2/h5-16H,3-4,17H2,1-2H3,(H,26,29). The molecule has 0 spiro atoms. The van der Waals surface area contributed by atoms with E-state index in [1.54, 1.807) is 53.1 Å². The molecule has 0 saturated carbocycles. The summed E-state index contributed by atoms with van der Waals surface area (Å²) in [6, 6.07) is 20.5. The van der Waals surface area contributed by atoms with Crippen LogP contribution in [-0.2, 0) is 27.8 Å².